The molecule has 0 aromatic carbocycles. The van der Waals surface area contributed by atoms with Gasteiger partial charge in [0, 0.05) is 12.6 Å². The first kappa shape index (κ1) is 18.0. The summed E-state index contributed by atoms with van der Waals surface area (Å²) in [6, 6.07) is 0.713. The fourth-order valence-electron chi connectivity index (χ4n) is 2.41. The molecule has 0 radical (unpaired) electrons. The minimum absolute atomic E-state index is 0.456. The number of rotatable bonds is 11. The fourth-order valence-corrected chi connectivity index (χ4v) is 2.41. The summed E-state index contributed by atoms with van der Waals surface area (Å²) in [6.45, 7) is 15.3. The molecule has 0 aromatic rings. The Hall–Kier alpha value is -0.0400. The second-order valence-corrected chi connectivity index (χ2v) is 6.86. The predicted molar refractivity (Wildman–Crippen MR) is 84.1 cm³/mol. The topological polar surface area (TPSA) is 12.0 Å². The smallest absolute Gasteiger partial charge is 0.00672 e. The lowest BCUT2D eigenvalue weighted by molar-refractivity contribution is 0.270. The van der Waals surface area contributed by atoms with E-state index in [0.717, 1.165) is 5.92 Å². The Bertz CT molecular complexity index is 186. The van der Waals surface area contributed by atoms with E-state index in [1.165, 1.54) is 51.5 Å². The van der Waals surface area contributed by atoms with Crippen LogP contribution in [0.2, 0.25) is 0 Å². The van der Waals surface area contributed by atoms with Crippen molar-refractivity contribution in [3.8, 4) is 0 Å². The van der Waals surface area contributed by atoms with Gasteiger partial charge in [-0.25, -0.2) is 0 Å². The van der Waals surface area contributed by atoms with E-state index >= 15 is 0 Å². The molecular weight excluding hydrogens is 218 g/mol. The van der Waals surface area contributed by atoms with Gasteiger partial charge in [-0.15, -0.1) is 0 Å². The minimum Gasteiger partial charge on any atom is -0.313 e. The molecule has 0 amide bonds. The molecule has 0 fully saturated rings. The molecule has 0 aliphatic rings. The van der Waals surface area contributed by atoms with E-state index in [2.05, 4.69) is 46.9 Å². The van der Waals surface area contributed by atoms with Crippen LogP contribution in [-0.2, 0) is 0 Å². The second kappa shape index (κ2) is 9.83. The van der Waals surface area contributed by atoms with E-state index in [1.807, 2.05) is 0 Å². The summed E-state index contributed by atoms with van der Waals surface area (Å²) in [7, 11) is 0. The maximum Gasteiger partial charge on any atom is 0.00672 e. The molecule has 0 aromatic heterocycles. The molecule has 2 unspecified atom stereocenters. The Morgan fingerprint density at radius 1 is 1.00 bits per heavy atom. The average Bonchev–Trinajstić information content (AvgIpc) is 2.34. The Balaban J connectivity index is 3.94. The molecule has 1 heteroatoms. The summed E-state index contributed by atoms with van der Waals surface area (Å²) in [4.78, 5) is 0. The summed E-state index contributed by atoms with van der Waals surface area (Å²) in [5.74, 6) is 0.852. The zero-order chi connectivity index (χ0) is 14.0. The second-order valence-electron chi connectivity index (χ2n) is 6.86. The number of unbranched alkanes of at least 4 members (excludes halogenated alkanes) is 2. The number of hydrogen-bond acceptors (Lipinski definition) is 1. The first-order valence-corrected chi connectivity index (χ1v) is 8.18. The van der Waals surface area contributed by atoms with Gasteiger partial charge in [0.1, 0.15) is 0 Å². The van der Waals surface area contributed by atoms with Crippen LogP contribution >= 0.6 is 0 Å². The average molecular weight is 255 g/mol. The third kappa shape index (κ3) is 8.97. The summed E-state index contributed by atoms with van der Waals surface area (Å²) in [5, 5.41) is 3.80. The van der Waals surface area contributed by atoms with Crippen LogP contribution in [0.4, 0.5) is 0 Å². The van der Waals surface area contributed by atoms with Crippen LogP contribution < -0.4 is 5.32 Å². The zero-order valence-corrected chi connectivity index (χ0v) is 13.8. The molecule has 110 valence electrons. The highest BCUT2D eigenvalue weighted by molar-refractivity contribution is 4.76. The highest BCUT2D eigenvalue weighted by atomic mass is 14.9. The molecule has 0 aliphatic carbocycles. The lowest BCUT2D eigenvalue weighted by Gasteiger charge is -2.29. The van der Waals surface area contributed by atoms with Gasteiger partial charge in [0.15, 0.2) is 0 Å². The molecule has 0 bridgehead atoms. The first-order chi connectivity index (χ1) is 8.45. The van der Waals surface area contributed by atoms with Crippen molar-refractivity contribution >= 4 is 0 Å². The van der Waals surface area contributed by atoms with Crippen molar-refractivity contribution in [1.29, 1.82) is 0 Å². The van der Waals surface area contributed by atoms with Gasteiger partial charge >= 0.3 is 0 Å². The van der Waals surface area contributed by atoms with Crippen molar-refractivity contribution in [3.05, 3.63) is 0 Å². The van der Waals surface area contributed by atoms with E-state index in [-0.39, 0.29) is 0 Å². The van der Waals surface area contributed by atoms with Crippen LogP contribution in [0, 0.1) is 11.3 Å². The largest absolute Gasteiger partial charge is 0.313 e. The molecule has 0 saturated carbocycles. The monoisotopic (exact) mass is 255 g/mol. The molecule has 0 saturated heterocycles. The molecule has 18 heavy (non-hydrogen) atoms. The van der Waals surface area contributed by atoms with Gasteiger partial charge in [-0.1, -0.05) is 67.2 Å². The van der Waals surface area contributed by atoms with E-state index in [9.17, 15) is 0 Å². The van der Waals surface area contributed by atoms with Crippen LogP contribution in [0.1, 0.15) is 86.5 Å². The quantitative estimate of drug-likeness (QED) is 0.488. The molecular formula is C17H37N. The third-order valence-corrected chi connectivity index (χ3v) is 4.20. The van der Waals surface area contributed by atoms with E-state index in [0.29, 0.717) is 11.5 Å². The molecule has 2 atom stereocenters. The molecule has 1 nitrogen and oxygen atoms in total. The van der Waals surface area contributed by atoms with Gasteiger partial charge in [-0.05, 0) is 30.6 Å². The lowest BCUT2D eigenvalue weighted by Crippen LogP contribution is -2.37. The van der Waals surface area contributed by atoms with Crippen LogP contribution in [-0.4, -0.2) is 12.6 Å². The van der Waals surface area contributed by atoms with Crippen LogP contribution in [0.15, 0.2) is 0 Å². The predicted octanol–water partition coefficient (Wildman–Crippen LogP) is 5.40. The number of hydrogen-bond donors (Lipinski definition) is 1. The summed E-state index contributed by atoms with van der Waals surface area (Å²) >= 11 is 0. The Morgan fingerprint density at radius 3 is 2.17 bits per heavy atom. The maximum atomic E-state index is 3.80. The summed E-state index contributed by atoms with van der Waals surface area (Å²) in [5.41, 5.74) is 0.456. The van der Waals surface area contributed by atoms with Crippen molar-refractivity contribution in [2.45, 2.75) is 92.5 Å². The number of nitrogens with one attached hydrogen (secondary N) is 1. The van der Waals surface area contributed by atoms with Crippen LogP contribution in [0.25, 0.3) is 0 Å². The van der Waals surface area contributed by atoms with Crippen molar-refractivity contribution < 1.29 is 0 Å². The highest BCUT2D eigenvalue weighted by Gasteiger charge is 2.19. The molecule has 0 spiro atoms. The van der Waals surface area contributed by atoms with Gasteiger partial charge in [-0.2, -0.15) is 0 Å². The first-order valence-electron chi connectivity index (χ1n) is 8.18. The van der Waals surface area contributed by atoms with Crippen LogP contribution in [0.5, 0.6) is 0 Å². The van der Waals surface area contributed by atoms with Gasteiger partial charge in [-0.3, -0.25) is 0 Å². The van der Waals surface area contributed by atoms with Gasteiger partial charge in [0.25, 0.3) is 0 Å². The normalized spacial score (nSPS) is 15.7. The maximum absolute atomic E-state index is 3.80. The molecule has 0 heterocycles. The van der Waals surface area contributed by atoms with E-state index in [1.54, 1.807) is 0 Å². The van der Waals surface area contributed by atoms with Gasteiger partial charge in [0.05, 0.1) is 0 Å². The Labute approximate surface area is 116 Å². The fraction of sp³-hybridized carbons (Fsp3) is 1.00. The van der Waals surface area contributed by atoms with Crippen molar-refractivity contribution in [2.24, 2.45) is 11.3 Å². The Morgan fingerprint density at radius 2 is 1.67 bits per heavy atom. The standard InChI is InChI=1S/C17H37N/c1-7-10-11-12-17(5,6)14-18-16(9-3)13-15(4)8-2/h15-16,18H,7-14H2,1-6H3. The molecule has 1 N–H and O–H groups in total. The minimum atomic E-state index is 0.456. The lowest BCUT2D eigenvalue weighted by atomic mass is 9.86. The summed E-state index contributed by atoms with van der Waals surface area (Å²) < 4.78 is 0. The van der Waals surface area contributed by atoms with E-state index in [4.69, 9.17) is 0 Å². The zero-order valence-electron chi connectivity index (χ0n) is 13.8. The van der Waals surface area contributed by atoms with Crippen molar-refractivity contribution in [3.63, 3.8) is 0 Å². The van der Waals surface area contributed by atoms with Crippen molar-refractivity contribution in [2.75, 3.05) is 6.54 Å². The highest BCUT2D eigenvalue weighted by Crippen LogP contribution is 2.23. The molecule has 0 rings (SSSR count). The summed E-state index contributed by atoms with van der Waals surface area (Å²) in [6.07, 6.45) is 9.34. The van der Waals surface area contributed by atoms with E-state index < -0.39 is 0 Å². The van der Waals surface area contributed by atoms with Crippen molar-refractivity contribution in [1.82, 2.24) is 5.32 Å². The molecule has 0 aliphatic heterocycles. The third-order valence-electron chi connectivity index (χ3n) is 4.20. The van der Waals surface area contributed by atoms with Crippen LogP contribution in [0.3, 0.4) is 0 Å². The van der Waals surface area contributed by atoms with Gasteiger partial charge < -0.3 is 5.32 Å². The SMILES string of the molecule is CCCCCC(C)(C)CNC(CC)CC(C)CC. The van der Waals surface area contributed by atoms with Gasteiger partial charge in [0.2, 0.25) is 0 Å². The Kier molecular flexibility index (Phi) is 9.81.